The van der Waals surface area contributed by atoms with Gasteiger partial charge in [0.2, 0.25) is 5.91 Å². The summed E-state index contributed by atoms with van der Waals surface area (Å²) in [6.45, 7) is 0.900. The van der Waals surface area contributed by atoms with E-state index in [4.69, 9.17) is 10.2 Å². The molecular formula is C6H11NO4. The smallest absolute Gasteiger partial charge is 0.257 e. The Labute approximate surface area is 64.0 Å². The van der Waals surface area contributed by atoms with Gasteiger partial charge >= 0.3 is 0 Å². The molecule has 64 valence electrons. The zero-order valence-electron chi connectivity index (χ0n) is 6.20. The molecule has 3 N–H and O–H groups in total. The summed E-state index contributed by atoms with van der Waals surface area (Å²) in [5, 5.41) is 18.8. The second-order valence-corrected chi connectivity index (χ2v) is 1.96. The molecule has 0 saturated carbocycles. The lowest BCUT2D eigenvalue weighted by Gasteiger charge is -2.05. The third kappa shape index (κ3) is 3.69. The van der Waals surface area contributed by atoms with Crippen LogP contribution < -0.4 is 5.32 Å². The minimum absolute atomic E-state index is 0.171. The molecule has 0 saturated heterocycles. The van der Waals surface area contributed by atoms with Crippen LogP contribution in [0.25, 0.3) is 0 Å². The van der Waals surface area contributed by atoms with Gasteiger partial charge in [0, 0.05) is 6.42 Å². The van der Waals surface area contributed by atoms with Crippen molar-refractivity contribution in [3.8, 4) is 0 Å². The molecule has 5 nitrogen and oxygen atoms in total. The van der Waals surface area contributed by atoms with Gasteiger partial charge in [0.05, 0.1) is 6.61 Å². The number of rotatable bonds is 3. The summed E-state index contributed by atoms with van der Waals surface area (Å²) < 4.78 is 0. The molecule has 0 aliphatic carbocycles. The lowest BCUT2D eigenvalue weighted by Crippen LogP contribution is -2.40. The fourth-order valence-corrected chi connectivity index (χ4v) is 0.392. The molecule has 0 aliphatic rings. The number of carbonyl (C=O) groups is 2. The number of aliphatic hydroxyl groups excluding tert-OH is 2. The summed E-state index contributed by atoms with van der Waals surface area (Å²) >= 11 is 0. The first-order chi connectivity index (χ1) is 5.11. The Kier molecular flexibility index (Phi) is 4.40. The van der Waals surface area contributed by atoms with Crippen molar-refractivity contribution in [1.82, 2.24) is 5.32 Å². The molecule has 0 heterocycles. The summed E-state index contributed by atoms with van der Waals surface area (Å²) in [5.74, 6) is -1.33. The maximum absolute atomic E-state index is 10.6. The van der Waals surface area contributed by atoms with E-state index in [0.29, 0.717) is 0 Å². The zero-order chi connectivity index (χ0) is 8.85. The van der Waals surface area contributed by atoms with Gasteiger partial charge in [-0.1, -0.05) is 6.92 Å². The number of amides is 2. The first-order valence-corrected chi connectivity index (χ1v) is 3.24. The molecule has 11 heavy (non-hydrogen) atoms. The van der Waals surface area contributed by atoms with Crippen molar-refractivity contribution >= 4 is 11.8 Å². The second kappa shape index (κ2) is 4.81. The zero-order valence-corrected chi connectivity index (χ0v) is 6.20. The highest BCUT2D eigenvalue weighted by Crippen LogP contribution is 1.82. The minimum atomic E-state index is -1.51. The fourth-order valence-electron chi connectivity index (χ4n) is 0.392. The van der Waals surface area contributed by atoms with Crippen molar-refractivity contribution in [2.24, 2.45) is 0 Å². The average molecular weight is 161 g/mol. The molecular weight excluding hydrogens is 150 g/mol. The molecule has 0 aromatic heterocycles. The summed E-state index contributed by atoms with van der Waals surface area (Å²) in [7, 11) is 0. The third-order valence-electron chi connectivity index (χ3n) is 1.06. The lowest BCUT2D eigenvalue weighted by molar-refractivity contribution is -0.136. The van der Waals surface area contributed by atoms with Crippen molar-refractivity contribution in [3.05, 3.63) is 0 Å². The number of aliphatic hydroxyl groups is 2. The molecule has 0 rings (SSSR count). The van der Waals surface area contributed by atoms with Crippen LogP contribution in [0, 0.1) is 0 Å². The van der Waals surface area contributed by atoms with E-state index in [1.807, 2.05) is 5.32 Å². The summed E-state index contributed by atoms with van der Waals surface area (Å²) in [6, 6.07) is 0. The van der Waals surface area contributed by atoms with Gasteiger partial charge in [-0.25, -0.2) is 0 Å². The second-order valence-electron chi connectivity index (χ2n) is 1.96. The number of imide groups is 1. The monoisotopic (exact) mass is 161 g/mol. The van der Waals surface area contributed by atoms with Crippen molar-refractivity contribution < 1.29 is 19.8 Å². The molecule has 2 amide bonds. The highest BCUT2D eigenvalue weighted by Gasteiger charge is 2.14. The first kappa shape index (κ1) is 10.1. The van der Waals surface area contributed by atoms with E-state index in [9.17, 15) is 9.59 Å². The first-order valence-electron chi connectivity index (χ1n) is 3.24. The fraction of sp³-hybridized carbons (Fsp3) is 0.667. The topological polar surface area (TPSA) is 86.6 Å². The van der Waals surface area contributed by atoms with Crippen LogP contribution in [0.5, 0.6) is 0 Å². The Hall–Kier alpha value is -0.940. The van der Waals surface area contributed by atoms with Gasteiger partial charge in [-0.2, -0.15) is 0 Å². The Morgan fingerprint density at radius 2 is 2.09 bits per heavy atom. The molecule has 0 fully saturated rings. The van der Waals surface area contributed by atoms with Crippen molar-refractivity contribution in [1.29, 1.82) is 0 Å². The van der Waals surface area contributed by atoms with E-state index in [0.717, 1.165) is 0 Å². The molecule has 1 atom stereocenters. The predicted molar refractivity (Wildman–Crippen MR) is 36.5 cm³/mol. The van der Waals surface area contributed by atoms with Crippen LogP contribution in [-0.2, 0) is 9.59 Å². The number of carbonyl (C=O) groups excluding carboxylic acids is 2. The van der Waals surface area contributed by atoms with Gasteiger partial charge in [-0.05, 0) is 0 Å². The van der Waals surface area contributed by atoms with Crippen molar-refractivity contribution in [3.63, 3.8) is 0 Å². The largest absolute Gasteiger partial charge is 0.393 e. The molecule has 0 aromatic carbocycles. The Morgan fingerprint density at radius 1 is 1.55 bits per heavy atom. The molecule has 0 aliphatic heterocycles. The van der Waals surface area contributed by atoms with Crippen molar-refractivity contribution in [2.75, 3.05) is 6.61 Å². The molecule has 0 radical (unpaired) electrons. The van der Waals surface area contributed by atoms with E-state index in [2.05, 4.69) is 0 Å². The predicted octanol–water partition coefficient (Wildman–Crippen LogP) is -1.61. The molecule has 0 bridgehead atoms. The van der Waals surface area contributed by atoms with Crippen LogP contribution in [0.15, 0.2) is 0 Å². The lowest BCUT2D eigenvalue weighted by atomic mass is 10.3. The standard InChI is InChI=1S/C6H11NO4/c1-2-5(10)7-6(11)4(9)3-8/h4,8-9H,2-3H2,1H3,(H,7,10,11). The minimum Gasteiger partial charge on any atom is -0.393 e. The van der Waals surface area contributed by atoms with Crippen LogP contribution in [0.2, 0.25) is 0 Å². The van der Waals surface area contributed by atoms with Gasteiger partial charge in [0.1, 0.15) is 0 Å². The average Bonchev–Trinajstić information content (AvgIpc) is 2.02. The van der Waals surface area contributed by atoms with Gasteiger partial charge in [0.25, 0.3) is 5.91 Å². The highest BCUT2D eigenvalue weighted by atomic mass is 16.3. The van der Waals surface area contributed by atoms with Gasteiger partial charge in [0.15, 0.2) is 6.10 Å². The third-order valence-corrected chi connectivity index (χ3v) is 1.06. The number of hydrogen-bond donors (Lipinski definition) is 3. The van der Waals surface area contributed by atoms with Gasteiger partial charge in [-0.15, -0.1) is 0 Å². The van der Waals surface area contributed by atoms with Crippen LogP contribution >= 0.6 is 0 Å². The molecule has 1 unspecified atom stereocenters. The molecule has 5 heteroatoms. The molecule has 0 aromatic rings. The maximum Gasteiger partial charge on any atom is 0.257 e. The van der Waals surface area contributed by atoms with Crippen molar-refractivity contribution in [2.45, 2.75) is 19.4 Å². The van der Waals surface area contributed by atoms with E-state index in [-0.39, 0.29) is 6.42 Å². The summed E-state index contributed by atoms with van der Waals surface area (Å²) in [6.07, 6.45) is -1.34. The van der Waals surface area contributed by atoms with Gasteiger partial charge < -0.3 is 10.2 Å². The number of hydrogen-bond acceptors (Lipinski definition) is 4. The Morgan fingerprint density at radius 3 is 2.45 bits per heavy atom. The quantitative estimate of drug-likeness (QED) is 0.465. The van der Waals surface area contributed by atoms with Gasteiger partial charge in [-0.3, -0.25) is 14.9 Å². The Bertz CT molecular complexity index is 157. The van der Waals surface area contributed by atoms with Crippen LogP contribution in [-0.4, -0.2) is 34.7 Å². The van der Waals surface area contributed by atoms with Crippen LogP contribution in [0.1, 0.15) is 13.3 Å². The highest BCUT2D eigenvalue weighted by molar-refractivity contribution is 5.97. The SMILES string of the molecule is CCC(=O)NC(=O)C(O)CO. The van der Waals surface area contributed by atoms with Crippen LogP contribution in [0.4, 0.5) is 0 Å². The van der Waals surface area contributed by atoms with Crippen LogP contribution in [0.3, 0.4) is 0 Å². The normalized spacial score (nSPS) is 12.3. The number of nitrogens with one attached hydrogen (secondary N) is 1. The van der Waals surface area contributed by atoms with E-state index in [1.54, 1.807) is 6.92 Å². The molecule has 0 spiro atoms. The summed E-state index contributed by atoms with van der Waals surface area (Å²) in [5.41, 5.74) is 0. The Balaban J connectivity index is 3.77. The van der Waals surface area contributed by atoms with E-state index in [1.165, 1.54) is 0 Å². The van der Waals surface area contributed by atoms with E-state index >= 15 is 0 Å². The maximum atomic E-state index is 10.6. The van der Waals surface area contributed by atoms with E-state index < -0.39 is 24.5 Å². The summed E-state index contributed by atoms with van der Waals surface area (Å²) in [4.78, 5) is 21.1.